The van der Waals surface area contributed by atoms with Crippen molar-refractivity contribution in [2.45, 2.75) is 12.7 Å². The van der Waals surface area contributed by atoms with E-state index in [9.17, 15) is 22.8 Å². The predicted molar refractivity (Wildman–Crippen MR) is 130 cm³/mol. The van der Waals surface area contributed by atoms with Gasteiger partial charge in [-0.2, -0.15) is 13.2 Å². The minimum atomic E-state index is -4.44. The van der Waals surface area contributed by atoms with Crippen LogP contribution in [0.2, 0.25) is 0 Å². The maximum atomic E-state index is 13.1. The summed E-state index contributed by atoms with van der Waals surface area (Å²) < 4.78 is 43.7. The summed E-state index contributed by atoms with van der Waals surface area (Å²) in [6.45, 7) is -0.0305. The number of amides is 2. The quantitative estimate of drug-likeness (QED) is 0.306. The Bertz CT molecular complexity index is 1410. The highest BCUT2D eigenvalue weighted by atomic mass is 19.4. The second kappa shape index (κ2) is 10.4. The molecule has 1 aromatic heterocycles. The minimum absolute atomic E-state index is 0.0283. The fourth-order valence-corrected chi connectivity index (χ4v) is 3.55. The number of H-pyrrole nitrogens is 1. The van der Waals surface area contributed by atoms with Gasteiger partial charge < -0.3 is 20.4 Å². The molecule has 4 rings (SSSR count). The molecule has 9 heteroatoms. The Labute approximate surface area is 204 Å². The van der Waals surface area contributed by atoms with E-state index >= 15 is 0 Å². The molecule has 36 heavy (non-hydrogen) atoms. The number of hydrogen-bond acceptors (Lipinski definition) is 3. The standard InChI is InChI=1S/C27H22F3N3O3/c1-36-21-11-12-23-22(14-21)19(16-31-23)13-24(33-25(34)18-5-3-2-4-6-18)26(35)32-15-17-7-9-20(10-8-17)27(28,29)30/h2-14,16,31H,15H2,1H3,(H,32,35)(H,33,34)/b24-13-. The monoisotopic (exact) mass is 493 g/mol. The molecule has 0 unspecified atom stereocenters. The lowest BCUT2D eigenvalue weighted by Gasteiger charge is -2.12. The Balaban J connectivity index is 1.60. The minimum Gasteiger partial charge on any atom is -0.497 e. The second-order valence-electron chi connectivity index (χ2n) is 7.91. The number of aromatic nitrogens is 1. The largest absolute Gasteiger partial charge is 0.497 e. The molecule has 2 amide bonds. The van der Waals surface area contributed by atoms with Gasteiger partial charge in [0.25, 0.3) is 11.8 Å². The number of fused-ring (bicyclic) bond motifs is 1. The Kier molecular flexibility index (Phi) is 7.10. The van der Waals surface area contributed by atoms with Gasteiger partial charge in [-0.25, -0.2) is 0 Å². The van der Waals surface area contributed by atoms with Crippen LogP contribution >= 0.6 is 0 Å². The van der Waals surface area contributed by atoms with Crippen molar-refractivity contribution >= 4 is 28.8 Å². The molecule has 0 aliphatic carbocycles. The van der Waals surface area contributed by atoms with Crippen LogP contribution in [0.5, 0.6) is 5.75 Å². The maximum Gasteiger partial charge on any atom is 0.416 e. The molecule has 0 fully saturated rings. The topological polar surface area (TPSA) is 83.2 Å². The zero-order chi connectivity index (χ0) is 25.7. The SMILES string of the molecule is COc1ccc2[nH]cc(/C=C(\NC(=O)c3ccccc3)C(=O)NCc3ccc(C(F)(F)F)cc3)c2c1. The number of rotatable bonds is 7. The van der Waals surface area contributed by atoms with Gasteiger partial charge in [0.05, 0.1) is 12.7 Å². The van der Waals surface area contributed by atoms with Crippen molar-refractivity contribution in [3.8, 4) is 5.75 Å². The molecule has 184 valence electrons. The number of ether oxygens (including phenoxy) is 1. The molecule has 6 nitrogen and oxygen atoms in total. The molecule has 0 aliphatic rings. The summed E-state index contributed by atoms with van der Waals surface area (Å²) in [6, 6.07) is 18.3. The molecule has 0 saturated carbocycles. The third-order valence-electron chi connectivity index (χ3n) is 5.48. The summed E-state index contributed by atoms with van der Waals surface area (Å²) >= 11 is 0. The molecule has 1 heterocycles. The van der Waals surface area contributed by atoms with Crippen LogP contribution in [-0.2, 0) is 17.5 Å². The zero-order valence-electron chi connectivity index (χ0n) is 19.1. The van der Waals surface area contributed by atoms with Crippen LogP contribution in [0, 0.1) is 0 Å². The van der Waals surface area contributed by atoms with Gasteiger partial charge in [0.1, 0.15) is 11.4 Å². The van der Waals surface area contributed by atoms with E-state index in [1.54, 1.807) is 55.8 Å². The number of hydrogen-bond donors (Lipinski definition) is 3. The lowest BCUT2D eigenvalue weighted by Crippen LogP contribution is -2.34. The first-order chi connectivity index (χ1) is 17.2. The van der Waals surface area contributed by atoms with Gasteiger partial charge in [-0.15, -0.1) is 0 Å². The number of aromatic amines is 1. The average molecular weight is 493 g/mol. The zero-order valence-corrected chi connectivity index (χ0v) is 19.1. The van der Waals surface area contributed by atoms with E-state index in [4.69, 9.17) is 4.74 Å². The predicted octanol–water partition coefficient (Wildman–Crippen LogP) is 5.28. The van der Waals surface area contributed by atoms with E-state index in [0.717, 1.165) is 23.0 Å². The van der Waals surface area contributed by atoms with Crippen molar-refractivity contribution in [2.24, 2.45) is 0 Å². The number of carbonyl (C=O) groups excluding carboxylic acids is 2. The van der Waals surface area contributed by atoms with Gasteiger partial charge in [0, 0.05) is 34.8 Å². The van der Waals surface area contributed by atoms with Crippen LogP contribution in [-0.4, -0.2) is 23.9 Å². The first kappa shape index (κ1) is 24.6. The molecule has 0 aliphatic heterocycles. The number of halogens is 3. The van der Waals surface area contributed by atoms with Gasteiger partial charge in [0.15, 0.2) is 0 Å². The number of carbonyl (C=O) groups is 2. The average Bonchev–Trinajstić information content (AvgIpc) is 3.28. The molecule has 0 bridgehead atoms. The van der Waals surface area contributed by atoms with E-state index in [0.29, 0.717) is 22.4 Å². The summed E-state index contributed by atoms with van der Waals surface area (Å²) in [5, 5.41) is 6.08. The number of alkyl halides is 3. The van der Waals surface area contributed by atoms with Gasteiger partial charge in [-0.1, -0.05) is 30.3 Å². The number of nitrogens with one attached hydrogen (secondary N) is 3. The molecular weight excluding hydrogens is 471 g/mol. The van der Waals surface area contributed by atoms with Crippen molar-refractivity contribution < 1.29 is 27.5 Å². The molecule has 0 spiro atoms. The van der Waals surface area contributed by atoms with E-state index in [-0.39, 0.29) is 12.2 Å². The van der Waals surface area contributed by atoms with Crippen LogP contribution in [0.4, 0.5) is 13.2 Å². The fourth-order valence-electron chi connectivity index (χ4n) is 3.55. The third-order valence-corrected chi connectivity index (χ3v) is 5.48. The summed E-state index contributed by atoms with van der Waals surface area (Å²) in [6.07, 6.45) is -1.22. The van der Waals surface area contributed by atoms with E-state index in [1.807, 2.05) is 6.07 Å². The van der Waals surface area contributed by atoms with Crippen LogP contribution in [0.25, 0.3) is 17.0 Å². The highest BCUT2D eigenvalue weighted by Crippen LogP contribution is 2.29. The van der Waals surface area contributed by atoms with E-state index in [2.05, 4.69) is 15.6 Å². The Morgan fingerprint density at radius 1 is 1.00 bits per heavy atom. The highest BCUT2D eigenvalue weighted by molar-refractivity contribution is 6.06. The lowest BCUT2D eigenvalue weighted by atomic mass is 10.1. The number of methoxy groups -OCH3 is 1. The normalized spacial score (nSPS) is 11.8. The molecule has 0 saturated heterocycles. The Morgan fingerprint density at radius 3 is 2.39 bits per heavy atom. The summed E-state index contributed by atoms with van der Waals surface area (Å²) in [7, 11) is 1.55. The lowest BCUT2D eigenvalue weighted by molar-refractivity contribution is -0.137. The Morgan fingerprint density at radius 2 is 1.72 bits per heavy atom. The molecular formula is C27H22F3N3O3. The smallest absolute Gasteiger partial charge is 0.416 e. The molecule has 0 atom stereocenters. The van der Waals surface area contributed by atoms with Crippen LogP contribution in [0.3, 0.4) is 0 Å². The fraction of sp³-hybridized carbons (Fsp3) is 0.111. The van der Waals surface area contributed by atoms with Crippen LogP contribution in [0.1, 0.15) is 27.0 Å². The van der Waals surface area contributed by atoms with Crippen molar-refractivity contribution in [1.29, 1.82) is 0 Å². The molecule has 3 N–H and O–H groups in total. The van der Waals surface area contributed by atoms with Crippen LogP contribution in [0.15, 0.2) is 84.7 Å². The first-order valence-corrected chi connectivity index (χ1v) is 10.9. The summed E-state index contributed by atoms with van der Waals surface area (Å²) in [4.78, 5) is 29.0. The highest BCUT2D eigenvalue weighted by Gasteiger charge is 2.29. The van der Waals surface area contributed by atoms with E-state index < -0.39 is 23.6 Å². The first-order valence-electron chi connectivity index (χ1n) is 10.9. The van der Waals surface area contributed by atoms with E-state index in [1.165, 1.54) is 18.2 Å². The van der Waals surface area contributed by atoms with Crippen molar-refractivity contribution in [3.05, 3.63) is 107 Å². The van der Waals surface area contributed by atoms with Crippen molar-refractivity contribution in [1.82, 2.24) is 15.6 Å². The third kappa shape index (κ3) is 5.75. The molecule has 0 radical (unpaired) electrons. The molecule has 3 aromatic carbocycles. The van der Waals surface area contributed by atoms with Gasteiger partial charge in [-0.05, 0) is 54.1 Å². The summed E-state index contributed by atoms with van der Waals surface area (Å²) in [5.74, 6) is -0.459. The van der Waals surface area contributed by atoms with Gasteiger partial charge in [0.2, 0.25) is 0 Å². The van der Waals surface area contributed by atoms with Crippen molar-refractivity contribution in [3.63, 3.8) is 0 Å². The maximum absolute atomic E-state index is 13.1. The van der Waals surface area contributed by atoms with Crippen LogP contribution < -0.4 is 15.4 Å². The Hall–Kier alpha value is -4.53. The number of benzene rings is 3. The molecule has 4 aromatic rings. The second-order valence-corrected chi connectivity index (χ2v) is 7.91. The van der Waals surface area contributed by atoms with Gasteiger partial charge >= 0.3 is 6.18 Å². The van der Waals surface area contributed by atoms with Crippen molar-refractivity contribution in [2.75, 3.05) is 7.11 Å². The van der Waals surface area contributed by atoms with Gasteiger partial charge in [-0.3, -0.25) is 9.59 Å². The summed E-state index contributed by atoms with van der Waals surface area (Å²) in [5.41, 5.74) is 1.47.